The van der Waals surface area contributed by atoms with E-state index in [1.165, 1.54) is 0 Å². The molecule has 0 bridgehead atoms. The molecule has 0 saturated heterocycles. The SMILES string of the molecule is C=C(Br)Cn1ccc(C=O)c1. The van der Waals surface area contributed by atoms with E-state index in [0.29, 0.717) is 12.1 Å². The zero-order valence-corrected chi connectivity index (χ0v) is 7.54. The second-order valence-corrected chi connectivity index (χ2v) is 3.37. The summed E-state index contributed by atoms with van der Waals surface area (Å²) < 4.78 is 2.78. The summed E-state index contributed by atoms with van der Waals surface area (Å²) in [5.41, 5.74) is 0.693. The van der Waals surface area contributed by atoms with Crippen LogP contribution in [0.15, 0.2) is 29.5 Å². The minimum atomic E-state index is 0.693. The molecular formula is C8H8BrNO. The van der Waals surface area contributed by atoms with Crippen LogP contribution in [0.2, 0.25) is 0 Å². The van der Waals surface area contributed by atoms with Crippen LogP contribution in [0.3, 0.4) is 0 Å². The fourth-order valence-corrected chi connectivity index (χ4v) is 1.12. The van der Waals surface area contributed by atoms with Crippen molar-refractivity contribution in [2.24, 2.45) is 0 Å². The smallest absolute Gasteiger partial charge is 0.151 e. The Labute approximate surface area is 73.6 Å². The fraction of sp³-hybridized carbons (Fsp3) is 0.125. The third-order valence-electron chi connectivity index (χ3n) is 1.26. The van der Waals surface area contributed by atoms with Gasteiger partial charge in [-0.15, -0.1) is 0 Å². The van der Waals surface area contributed by atoms with Crippen LogP contribution in [-0.4, -0.2) is 10.9 Å². The molecule has 0 aromatic carbocycles. The Hall–Kier alpha value is -0.830. The van der Waals surface area contributed by atoms with Gasteiger partial charge in [0, 0.05) is 22.4 Å². The van der Waals surface area contributed by atoms with Gasteiger partial charge in [0.1, 0.15) is 0 Å². The van der Waals surface area contributed by atoms with Crippen molar-refractivity contribution in [1.29, 1.82) is 0 Å². The van der Waals surface area contributed by atoms with Crippen LogP contribution in [0, 0.1) is 0 Å². The predicted molar refractivity (Wildman–Crippen MR) is 47.9 cm³/mol. The number of hydrogen-bond donors (Lipinski definition) is 0. The molecule has 3 heteroatoms. The number of allylic oxidation sites excluding steroid dienone is 1. The molecule has 0 N–H and O–H groups in total. The molecule has 1 aromatic heterocycles. The summed E-state index contributed by atoms with van der Waals surface area (Å²) in [6, 6.07) is 1.77. The van der Waals surface area contributed by atoms with E-state index in [0.717, 1.165) is 10.8 Å². The fourth-order valence-electron chi connectivity index (χ4n) is 0.826. The van der Waals surface area contributed by atoms with Crippen molar-refractivity contribution in [1.82, 2.24) is 4.57 Å². The normalized spacial score (nSPS) is 9.55. The third kappa shape index (κ3) is 2.35. The molecule has 0 spiro atoms. The molecule has 0 unspecified atom stereocenters. The number of hydrogen-bond acceptors (Lipinski definition) is 1. The lowest BCUT2D eigenvalue weighted by Gasteiger charge is -1.97. The summed E-state index contributed by atoms with van der Waals surface area (Å²) in [6.45, 7) is 4.40. The molecule has 0 amide bonds. The molecule has 0 aliphatic rings. The largest absolute Gasteiger partial charge is 0.349 e. The summed E-state index contributed by atoms with van der Waals surface area (Å²) in [7, 11) is 0. The molecule has 0 radical (unpaired) electrons. The minimum absolute atomic E-state index is 0.693. The van der Waals surface area contributed by atoms with Gasteiger partial charge in [-0.3, -0.25) is 4.79 Å². The molecule has 1 rings (SSSR count). The first kappa shape index (κ1) is 8.27. The molecule has 58 valence electrons. The summed E-state index contributed by atoms with van der Waals surface area (Å²) in [5.74, 6) is 0. The third-order valence-corrected chi connectivity index (χ3v) is 1.51. The lowest BCUT2D eigenvalue weighted by molar-refractivity contribution is 0.112. The lowest BCUT2D eigenvalue weighted by Crippen LogP contribution is -1.92. The van der Waals surface area contributed by atoms with Crippen LogP contribution in [0.4, 0.5) is 0 Å². The van der Waals surface area contributed by atoms with Gasteiger partial charge in [-0.1, -0.05) is 22.5 Å². The number of aldehydes is 1. The highest BCUT2D eigenvalue weighted by atomic mass is 79.9. The summed E-state index contributed by atoms with van der Waals surface area (Å²) >= 11 is 3.24. The molecule has 11 heavy (non-hydrogen) atoms. The molecule has 0 fully saturated rings. The Morgan fingerprint density at radius 2 is 2.55 bits per heavy atom. The van der Waals surface area contributed by atoms with E-state index < -0.39 is 0 Å². The summed E-state index contributed by atoms with van der Waals surface area (Å²) in [4.78, 5) is 10.3. The molecular weight excluding hydrogens is 206 g/mol. The number of carbonyl (C=O) groups excluding carboxylic acids is 1. The Bertz CT molecular complexity index is 277. The van der Waals surface area contributed by atoms with Gasteiger partial charge >= 0.3 is 0 Å². The summed E-state index contributed by atoms with van der Waals surface area (Å²) in [6.07, 6.45) is 4.45. The molecule has 0 aliphatic heterocycles. The molecule has 0 atom stereocenters. The Morgan fingerprint density at radius 3 is 3.00 bits per heavy atom. The van der Waals surface area contributed by atoms with E-state index in [2.05, 4.69) is 22.5 Å². The quantitative estimate of drug-likeness (QED) is 0.707. The second kappa shape index (κ2) is 3.53. The van der Waals surface area contributed by atoms with Gasteiger partial charge < -0.3 is 4.57 Å². The van der Waals surface area contributed by atoms with Gasteiger partial charge in [-0.2, -0.15) is 0 Å². The molecule has 0 saturated carbocycles. The first-order valence-electron chi connectivity index (χ1n) is 3.16. The molecule has 2 nitrogen and oxygen atoms in total. The number of nitrogens with zero attached hydrogens (tertiary/aromatic N) is 1. The van der Waals surface area contributed by atoms with Gasteiger partial charge in [0.2, 0.25) is 0 Å². The van der Waals surface area contributed by atoms with Gasteiger partial charge in [0.05, 0.1) is 6.54 Å². The minimum Gasteiger partial charge on any atom is -0.349 e. The maximum Gasteiger partial charge on any atom is 0.151 e. The van der Waals surface area contributed by atoms with Crippen molar-refractivity contribution in [3.63, 3.8) is 0 Å². The van der Waals surface area contributed by atoms with Gasteiger partial charge in [-0.05, 0) is 6.07 Å². The Kier molecular flexibility index (Phi) is 2.65. The number of rotatable bonds is 3. The van der Waals surface area contributed by atoms with Crippen molar-refractivity contribution in [3.05, 3.63) is 35.1 Å². The van der Waals surface area contributed by atoms with Crippen molar-refractivity contribution in [2.45, 2.75) is 6.54 Å². The van der Waals surface area contributed by atoms with Crippen LogP contribution in [0.1, 0.15) is 10.4 Å². The van der Waals surface area contributed by atoms with Crippen LogP contribution in [0.5, 0.6) is 0 Å². The van der Waals surface area contributed by atoms with Crippen molar-refractivity contribution in [3.8, 4) is 0 Å². The highest BCUT2D eigenvalue weighted by molar-refractivity contribution is 9.11. The van der Waals surface area contributed by atoms with Crippen LogP contribution in [-0.2, 0) is 6.54 Å². The van der Waals surface area contributed by atoms with Crippen molar-refractivity contribution in [2.75, 3.05) is 0 Å². The number of halogens is 1. The first-order chi connectivity index (χ1) is 5.22. The highest BCUT2D eigenvalue weighted by Gasteiger charge is 1.94. The van der Waals surface area contributed by atoms with Gasteiger partial charge in [0.25, 0.3) is 0 Å². The lowest BCUT2D eigenvalue weighted by atomic mass is 10.4. The predicted octanol–water partition coefficient (Wildman–Crippen LogP) is 2.21. The van der Waals surface area contributed by atoms with Gasteiger partial charge in [0.15, 0.2) is 6.29 Å². The zero-order valence-electron chi connectivity index (χ0n) is 5.96. The average Bonchev–Trinajstić information content (AvgIpc) is 2.34. The maximum atomic E-state index is 10.3. The molecule has 0 aliphatic carbocycles. The summed E-state index contributed by atoms with van der Waals surface area (Å²) in [5, 5.41) is 0. The van der Waals surface area contributed by atoms with E-state index in [1.807, 2.05) is 10.8 Å². The van der Waals surface area contributed by atoms with Crippen molar-refractivity contribution < 1.29 is 4.79 Å². The van der Waals surface area contributed by atoms with E-state index in [1.54, 1.807) is 12.3 Å². The van der Waals surface area contributed by atoms with E-state index >= 15 is 0 Å². The van der Waals surface area contributed by atoms with E-state index in [4.69, 9.17) is 0 Å². The second-order valence-electron chi connectivity index (χ2n) is 2.25. The first-order valence-corrected chi connectivity index (χ1v) is 3.96. The topological polar surface area (TPSA) is 22.0 Å². The Balaban J connectivity index is 2.72. The van der Waals surface area contributed by atoms with Crippen molar-refractivity contribution >= 4 is 22.2 Å². The van der Waals surface area contributed by atoms with Gasteiger partial charge in [-0.25, -0.2) is 0 Å². The van der Waals surface area contributed by atoms with E-state index in [9.17, 15) is 4.79 Å². The highest BCUT2D eigenvalue weighted by Crippen LogP contribution is 2.06. The number of aromatic nitrogens is 1. The molecule has 1 heterocycles. The van der Waals surface area contributed by atoms with Crippen LogP contribution >= 0.6 is 15.9 Å². The molecule has 1 aromatic rings. The zero-order chi connectivity index (χ0) is 8.27. The maximum absolute atomic E-state index is 10.3. The monoisotopic (exact) mass is 213 g/mol. The number of carbonyl (C=O) groups is 1. The van der Waals surface area contributed by atoms with E-state index in [-0.39, 0.29) is 0 Å². The average molecular weight is 214 g/mol. The Morgan fingerprint density at radius 1 is 1.82 bits per heavy atom. The standard InChI is InChI=1S/C8H8BrNO/c1-7(9)4-10-3-2-8(5-10)6-11/h2-3,5-6H,1,4H2. The van der Waals surface area contributed by atoms with Crippen LogP contribution in [0.25, 0.3) is 0 Å². The van der Waals surface area contributed by atoms with Crippen LogP contribution < -0.4 is 0 Å².